The zero-order chi connectivity index (χ0) is 15.5. The van der Waals surface area contributed by atoms with E-state index in [1.165, 1.54) is 0 Å². The molecule has 0 atom stereocenters. The fourth-order valence-corrected chi connectivity index (χ4v) is 2.08. The zero-order valence-electron chi connectivity index (χ0n) is 13.0. The Morgan fingerprint density at radius 1 is 1.24 bits per heavy atom. The molecule has 0 unspecified atom stereocenters. The van der Waals surface area contributed by atoms with Crippen LogP contribution in [-0.4, -0.2) is 30.3 Å². The lowest BCUT2D eigenvalue weighted by Gasteiger charge is -2.20. The molecule has 1 aromatic carbocycles. The highest BCUT2D eigenvalue weighted by Gasteiger charge is 2.19. The van der Waals surface area contributed by atoms with E-state index >= 15 is 0 Å². The van der Waals surface area contributed by atoms with Crippen molar-refractivity contribution in [2.75, 3.05) is 13.7 Å². The van der Waals surface area contributed by atoms with Crippen LogP contribution in [0.1, 0.15) is 36.7 Å². The standard InChI is InChI=1S/C17H21NO3/c1-17(2,3)21-16(19)13-7-9-18-15-6-5-12(8-10-20-4)11-14(13)15/h5-7,9,11H,8,10H2,1-4H3. The van der Waals surface area contributed by atoms with Crippen molar-refractivity contribution in [1.29, 1.82) is 0 Å². The molecule has 4 nitrogen and oxygen atoms in total. The Bertz CT molecular complexity index is 644. The van der Waals surface area contributed by atoms with Crippen molar-refractivity contribution >= 4 is 16.9 Å². The van der Waals surface area contributed by atoms with Gasteiger partial charge in [0.2, 0.25) is 0 Å². The Balaban J connectivity index is 2.40. The molecule has 2 aromatic rings. The van der Waals surface area contributed by atoms with E-state index in [4.69, 9.17) is 9.47 Å². The second-order valence-corrected chi connectivity index (χ2v) is 5.95. The van der Waals surface area contributed by atoms with Gasteiger partial charge in [0.15, 0.2) is 0 Å². The number of rotatable bonds is 4. The van der Waals surface area contributed by atoms with Crippen LogP contribution >= 0.6 is 0 Å². The summed E-state index contributed by atoms with van der Waals surface area (Å²) < 4.78 is 10.6. The van der Waals surface area contributed by atoms with Gasteiger partial charge in [-0.05, 0) is 51.0 Å². The van der Waals surface area contributed by atoms with Gasteiger partial charge in [0.1, 0.15) is 5.60 Å². The second kappa shape index (κ2) is 6.22. The second-order valence-electron chi connectivity index (χ2n) is 5.95. The molecule has 1 aromatic heterocycles. The number of hydrogen-bond donors (Lipinski definition) is 0. The van der Waals surface area contributed by atoms with E-state index in [2.05, 4.69) is 4.98 Å². The highest BCUT2D eigenvalue weighted by atomic mass is 16.6. The summed E-state index contributed by atoms with van der Waals surface area (Å²) in [5, 5.41) is 0.820. The van der Waals surface area contributed by atoms with E-state index in [1.54, 1.807) is 19.4 Å². The van der Waals surface area contributed by atoms with Gasteiger partial charge in [0.05, 0.1) is 17.7 Å². The largest absolute Gasteiger partial charge is 0.456 e. The van der Waals surface area contributed by atoms with Gasteiger partial charge in [-0.2, -0.15) is 0 Å². The maximum absolute atomic E-state index is 12.3. The monoisotopic (exact) mass is 287 g/mol. The van der Waals surface area contributed by atoms with E-state index in [0.29, 0.717) is 12.2 Å². The van der Waals surface area contributed by atoms with Crippen LogP contribution in [0.15, 0.2) is 30.5 Å². The van der Waals surface area contributed by atoms with Crippen molar-refractivity contribution in [1.82, 2.24) is 4.98 Å². The molecule has 0 bridgehead atoms. The third kappa shape index (κ3) is 4.02. The molecule has 0 fully saturated rings. The van der Waals surface area contributed by atoms with E-state index in [0.717, 1.165) is 22.9 Å². The summed E-state index contributed by atoms with van der Waals surface area (Å²) in [6.07, 6.45) is 2.44. The third-order valence-electron chi connectivity index (χ3n) is 3.02. The number of nitrogens with zero attached hydrogens (tertiary/aromatic N) is 1. The molecular weight excluding hydrogens is 266 g/mol. The van der Waals surface area contributed by atoms with Crippen LogP contribution < -0.4 is 0 Å². The fourth-order valence-electron chi connectivity index (χ4n) is 2.08. The van der Waals surface area contributed by atoms with Gasteiger partial charge in [0.25, 0.3) is 0 Å². The average Bonchev–Trinajstić information content (AvgIpc) is 2.42. The molecule has 0 N–H and O–H groups in total. The molecule has 0 saturated carbocycles. The number of ether oxygens (including phenoxy) is 2. The molecule has 112 valence electrons. The number of esters is 1. The molecule has 0 aliphatic carbocycles. The molecule has 1 heterocycles. The van der Waals surface area contributed by atoms with Crippen molar-refractivity contribution in [2.24, 2.45) is 0 Å². The normalized spacial score (nSPS) is 11.6. The van der Waals surface area contributed by atoms with Crippen LogP contribution in [0.4, 0.5) is 0 Å². The molecular formula is C17H21NO3. The molecule has 4 heteroatoms. The van der Waals surface area contributed by atoms with Crippen molar-refractivity contribution in [3.05, 3.63) is 41.6 Å². The van der Waals surface area contributed by atoms with Crippen molar-refractivity contribution in [3.63, 3.8) is 0 Å². The number of carbonyl (C=O) groups is 1. The molecule has 0 spiro atoms. The number of benzene rings is 1. The van der Waals surface area contributed by atoms with Gasteiger partial charge in [-0.15, -0.1) is 0 Å². The topological polar surface area (TPSA) is 48.4 Å². The lowest BCUT2D eigenvalue weighted by Crippen LogP contribution is -2.24. The lowest BCUT2D eigenvalue weighted by atomic mass is 10.0. The first-order valence-corrected chi connectivity index (χ1v) is 7.00. The summed E-state index contributed by atoms with van der Waals surface area (Å²) in [7, 11) is 1.68. The van der Waals surface area contributed by atoms with Crippen LogP contribution in [-0.2, 0) is 15.9 Å². The lowest BCUT2D eigenvalue weighted by molar-refractivity contribution is 0.00718. The van der Waals surface area contributed by atoms with Crippen LogP contribution in [0, 0.1) is 0 Å². The zero-order valence-corrected chi connectivity index (χ0v) is 13.0. The van der Waals surface area contributed by atoms with Crippen LogP contribution in [0.25, 0.3) is 10.9 Å². The molecule has 0 saturated heterocycles. The quantitative estimate of drug-likeness (QED) is 0.809. The Morgan fingerprint density at radius 3 is 2.67 bits per heavy atom. The summed E-state index contributed by atoms with van der Waals surface area (Å²) in [6.45, 7) is 6.22. The highest BCUT2D eigenvalue weighted by Crippen LogP contribution is 2.21. The summed E-state index contributed by atoms with van der Waals surface area (Å²) in [5.41, 5.74) is 1.94. The SMILES string of the molecule is COCCc1ccc2nccc(C(=O)OC(C)(C)C)c2c1. The number of fused-ring (bicyclic) bond motifs is 1. The van der Waals surface area contributed by atoms with Gasteiger partial charge >= 0.3 is 5.97 Å². The number of pyridine rings is 1. The Morgan fingerprint density at radius 2 is 2.00 bits per heavy atom. The van der Waals surface area contributed by atoms with Gasteiger partial charge in [-0.25, -0.2) is 4.79 Å². The van der Waals surface area contributed by atoms with E-state index in [1.807, 2.05) is 39.0 Å². The van der Waals surface area contributed by atoms with Gasteiger partial charge in [0, 0.05) is 18.7 Å². The predicted octanol–water partition coefficient (Wildman–Crippen LogP) is 3.38. The Labute approximate surface area is 125 Å². The van der Waals surface area contributed by atoms with Gasteiger partial charge < -0.3 is 9.47 Å². The Kier molecular flexibility index (Phi) is 4.58. The molecule has 0 aliphatic heterocycles. The first-order valence-electron chi connectivity index (χ1n) is 7.00. The maximum Gasteiger partial charge on any atom is 0.339 e. The van der Waals surface area contributed by atoms with Crippen LogP contribution in [0.3, 0.4) is 0 Å². The average molecular weight is 287 g/mol. The number of hydrogen-bond acceptors (Lipinski definition) is 4. The van der Waals surface area contributed by atoms with Crippen molar-refractivity contribution in [3.8, 4) is 0 Å². The summed E-state index contributed by atoms with van der Waals surface area (Å²) in [4.78, 5) is 16.6. The fraction of sp³-hybridized carbons (Fsp3) is 0.412. The van der Waals surface area contributed by atoms with Gasteiger partial charge in [-0.3, -0.25) is 4.98 Å². The minimum Gasteiger partial charge on any atom is -0.456 e. The molecule has 2 rings (SSSR count). The first kappa shape index (κ1) is 15.4. The summed E-state index contributed by atoms with van der Waals surface area (Å²) in [6, 6.07) is 7.62. The van der Waals surface area contributed by atoms with E-state index < -0.39 is 5.60 Å². The number of carbonyl (C=O) groups excluding carboxylic acids is 1. The number of aromatic nitrogens is 1. The highest BCUT2D eigenvalue weighted by molar-refractivity contribution is 6.03. The van der Waals surface area contributed by atoms with Crippen molar-refractivity contribution < 1.29 is 14.3 Å². The van der Waals surface area contributed by atoms with Crippen LogP contribution in [0.2, 0.25) is 0 Å². The first-order chi connectivity index (χ1) is 9.90. The molecule has 21 heavy (non-hydrogen) atoms. The minimum atomic E-state index is -0.514. The maximum atomic E-state index is 12.3. The number of methoxy groups -OCH3 is 1. The molecule has 0 radical (unpaired) electrons. The van der Waals surface area contributed by atoms with Crippen molar-refractivity contribution in [2.45, 2.75) is 32.8 Å². The minimum absolute atomic E-state index is 0.321. The van der Waals surface area contributed by atoms with E-state index in [9.17, 15) is 4.79 Å². The summed E-state index contributed by atoms with van der Waals surface area (Å²) in [5.74, 6) is -0.321. The smallest absolute Gasteiger partial charge is 0.339 e. The third-order valence-corrected chi connectivity index (χ3v) is 3.02. The Hall–Kier alpha value is -1.94. The van der Waals surface area contributed by atoms with E-state index in [-0.39, 0.29) is 5.97 Å². The molecule has 0 amide bonds. The van der Waals surface area contributed by atoms with Gasteiger partial charge in [-0.1, -0.05) is 6.07 Å². The molecule has 0 aliphatic rings. The summed E-state index contributed by atoms with van der Waals surface area (Å²) >= 11 is 0. The van der Waals surface area contributed by atoms with Crippen LogP contribution in [0.5, 0.6) is 0 Å². The predicted molar refractivity (Wildman–Crippen MR) is 82.5 cm³/mol.